The summed E-state index contributed by atoms with van der Waals surface area (Å²) < 4.78 is 23.4. The van der Waals surface area contributed by atoms with Gasteiger partial charge >= 0.3 is 5.97 Å². The third-order valence-electron chi connectivity index (χ3n) is 3.26. The SMILES string of the molecule is Nc1ccc(C(=O)O)c(NCC2CCCS2(=O)=O)c1. The first-order chi connectivity index (χ1) is 8.90. The minimum absolute atomic E-state index is 0.0876. The van der Waals surface area contributed by atoms with Crippen molar-refractivity contribution in [3.05, 3.63) is 23.8 Å². The molecule has 1 aliphatic rings. The zero-order valence-corrected chi connectivity index (χ0v) is 11.1. The highest BCUT2D eigenvalue weighted by atomic mass is 32.2. The van der Waals surface area contributed by atoms with Crippen LogP contribution in [0.25, 0.3) is 0 Å². The van der Waals surface area contributed by atoms with E-state index in [1.807, 2.05) is 0 Å². The second-order valence-electron chi connectivity index (χ2n) is 4.62. The first-order valence-electron chi connectivity index (χ1n) is 5.98. The van der Waals surface area contributed by atoms with Crippen molar-refractivity contribution < 1.29 is 18.3 Å². The smallest absolute Gasteiger partial charge is 0.337 e. The molecule has 0 radical (unpaired) electrons. The molecule has 1 unspecified atom stereocenters. The lowest BCUT2D eigenvalue weighted by atomic mass is 10.1. The molecule has 1 fully saturated rings. The number of anilines is 2. The van der Waals surface area contributed by atoms with Crippen LogP contribution in [0.15, 0.2) is 18.2 Å². The van der Waals surface area contributed by atoms with Gasteiger partial charge in [-0.3, -0.25) is 0 Å². The number of nitrogen functional groups attached to an aromatic ring is 1. The van der Waals surface area contributed by atoms with Crippen molar-refractivity contribution in [2.75, 3.05) is 23.3 Å². The number of hydrogen-bond acceptors (Lipinski definition) is 5. The van der Waals surface area contributed by atoms with Crippen LogP contribution in [-0.4, -0.2) is 37.0 Å². The summed E-state index contributed by atoms with van der Waals surface area (Å²) in [6.45, 7) is 0.214. The normalized spacial score (nSPS) is 21.2. The van der Waals surface area contributed by atoms with Gasteiger partial charge in [0.2, 0.25) is 0 Å². The minimum atomic E-state index is -3.04. The van der Waals surface area contributed by atoms with Gasteiger partial charge in [0, 0.05) is 12.2 Å². The van der Waals surface area contributed by atoms with Crippen LogP contribution < -0.4 is 11.1 Å². The van der Waals surface area contributed by atoms with E-state index in [4.69, 9.17) is 10.8 Å². The van der Waals surface area contributed by atoms with Crippen molar-refractivity contribution in [2.45, 2.75) is 18.1 Å². The fourth-order valence-electron chi connectivity index (χ4n) is 2.21. The van der Waals surface area contributed by atoms with Gasteiger partial charge in [-0.15, -0.1) is 0 Å². The van der Waals surface area contributed by atoms with Crippen molar-refractivity contribution in [2.24, 2.45) is 0 Å². The van der Waals surface area contributed by atoms with Crippen LogP contribution in [-0.2, 0) is 9.84 Å². The molecule has 1 saturated heterocycles. The van der Waals surface area contributed by atoms with Crippen LogP contribution >= 0.6 is 0 Å². The number of aromatic carboxylic acids is 1. The van der Waals surface area contributed by atoms with Crippen molar-refractivity contribution in [3.63, 3.8) is 0 Å². The molecular formula is C12H16N2O4S. The predicted octanol–water partition coefficient (Wildman–Crippen LogP) is 0.956. The lowest BCUT2D eigenvalue weighted by Gasteiger charge is -2.14. The van der Waals surface area contributed by atoms with Gasteiger partial charge in [0.05, 0.1) is 22.3 Å². The summed E-state index contributed by atoms with van der Waals surface area (Å²) in [4.78, 5) is 11.1. The maximum atomic E-state index is 11.7. The highest BCUT2D eigenvalue weighted by Gasteiger charge is 2.31. The second kappa shape index (κ2) is 5.08. The maximum absolute atomic E-state index is 11.7. The molecule has 6 nitrogen and oxygen atoms in total. The Morgan fingerprint density at radius 3 is 2.79 bits per heavy atom. The Bertz CT molecular complexity index is 598. The van der Waals surface area contributed by atoms with Crippen molar-refractivity contribution in [1.82, 2.24) is 0 Å². The van der Waals surface area contributed by atoms with Crippen molar-refractivity contribution in [3.8, 4) is 0 Å². The molecule has 1 atom stereocenters. The fraction of sp³-hybridized carbons (Fsp3) is 0.417. The number of sulfone groups is 1. The highest BCUT2D eigenvalue weighted by molar-refractivity contribution is 7.92. The molecule has 1 aromatic rings. The van der Waals surface area contributed by atoms with E-state index in [0.29, 0.717) is 24.2 Å². The molecule has 0 aromatic heterocycles. The Morgan fingerprint density at radius 2 is 2.21 bits per heavy atom. The average Bonchev–Trinajstić information content (AvgIpc) is 2.65. The number of benzene rings is 1. The minimum Gasteiger partial charge on any atom is -0.478 e. The van der Waals surface area contributed by atoms with Gasteiger partial charge in [-0.2, -0.15) is 0 Å². The van der Waals surface area contributed by atoms with E-state index in [1.165, 1.54) is 18.2 Å². The lowest BCUT2D eigenvalue weighted by molar-refractivity contribution is 0.0698. The summed E-state index contributed by atoms with van der Waals surface area (Å²) in [6.07, 6.45) is 1.28. The third-order valence-corrected chi connectivity index (χ3v) is 5.53. The first kappa shape index (κ1) is 13.7. The third kappa shape index (κ3) is 2.98. The van der Waals surface area contributed by atoms with Gasteiger partial charge in [0.1, 0.15) is 0 Å². The molecule has 1 aliphatic heterocycles. The van der Waals surface area contributed by atoms with E-state index < -0.39 is 21.1 Å². The van der Waals surface area contributed by atoms with Gasteiger partial charge in [0.25, 0.3) is 0 Å². The summed E-state index contributed by atoms with van der Waals surface area (Å²) in [7, 11) is -3.04. The molecule has 7 heteroatoms. The Kier molecular flexibility index (Phi) is 3.66. The van der Waals surface area contributed by atoms with Crippen LogP contribution in [0.5, 0.6) is 0 Å². The molecule has 0 aliphatic carbocycles. The van der Waals surface area contributed by atoms with Gasteiger partial charge in [-0.25, -0.2) is 13.2 Å². The quantitative estimate of drug-likeness (QED) is 0.710. The number of rotatable bonds is 4. The summed E-state index contributed by atoms with van der Waals surface area (Å²) in [6, 6.07) is 4.41. The average molecular weight is 284 g/mol. The second-order valence-corrected chi connectivity index (χ2v) is 7.02. The zero-order chi connectivity index (χ0) is 14.0. The van der Waals surface area contributed by atoms with E-state index in [-0.39, 0.29) is 17.9 Å². The zero-order valence-electron chi connectivity index (χ0n) is 10.3. The molecule has 104 valence electrons. The monoisotopic (exact) mass is 284 g/mol. The number of hydrogen-bond donors (Lipinski definition) is 3. The van der Waals surface area contributed by atoms with E-state index in [0.717, 1.165) is 0 Å². The Balaban J connectivity index is 2.15. The number of nitrogens with two attached hydrogens (primary N) is 1. The van der Waals surface area contributed by atoms with E-state index in [9.17, 15) is 13.2 Å². The number of carboxylic acid groups (broad SMARTS) is 1. The van der Waals surface area contributed by atoms with Crippen LogP contribution in [0.1, 0.15) is 23.2 Å². The number of nitrogens with one attached hydrogen (secondary N) is 1. The van der Waals surface area contributed by atoms with Crippen molar-refractivity contribution in [1.29, 1.82) is 0 Å². The Hall–Kier alpha value is -1.76. The standard InChI is InChI=1S/C12H16N2O4S/c13-8-3-4-10(12(15)16)11(6-8)14-7-9-2-1-5-19(9,17)18/h3-4,6,9,14H,1-2,5,7,13H2,(H,15,16). The molecule has 0 bridgehead atoms. The van der Waals surface area contributed by atoms with Crippen LogP contribution in [0.3, 0.4) is 0 Å². The fourth-order valence-corrected chi connectivity index (χ4v) is 3.97. The number of carbonyl (C=O) groups is 1. The molecule has 1 heterocycles. The van der Waals surface area contributed by atoms with Gasteiger partial charge in [-0.1, -0.05) is 0 Å². The first-order valence-corrected chi connectivity index (χ1v) is 7.70. The van der Waals surface area contributed by atoms with Gasteiger partial charge in [0.15, 0.2) is 9.84 Å². The van der Waals surface area contributed by atoms with Crippen LogP contribution in [0, 0.1) is 0 Å². The van der Waals surface area contributed by atoms with E-state index in [1.54, 1.807) is 0 Å². The molecule has 0 spiro atoms. The molecule has 0 amide bonds. The predicted molar refractivity (Wildman–Crippen MR) is 73.1 cm³/mol. The highest BCUT2D eigenvalue weighted by Crippen LogP contribution is 2.23. The van der Waals surface area contributed by atoms with E-state index in [2.05, 4.69) is 5.32 Å². The Morgan fingerprint density at radius 1 is 1.47 bits per heavy atom. The number of carboxylic acids is 1. The summed E-state index contributed by atoms with van der Waals surface area (Å²) in [5, 5.41) is 11.5. The topological polar surface area (TPSA) is 109 Å². The molecule has 2 rings (SSSR count). The van der Waals surface area contributed by atoms with Crippen LogP contribution in [0.2, 0.25) is 0 Å². The molecule has 1 aromatic carbocycles. The molecule has 0 saturated carbocycles. The van der Waals surface area contributed by atoms with Gasteiger partial charge in [-0.05, 0) is 31.0 Å². The summed E-state index contributed by atoms with van der Waals surface area (Å²) >= 11 is 0. The molecule has 19 heavy (non-hydrogen) atoms. The lowest BCUT2D eigenvalue weighted by Crippen LogP contribution is -2.25. The Labute approximate surface area is 111 Å². The van der Waals surface area contributed by atoms with Crippen LogP contribution in [0.4, 0.5) is 11.4 Å². The van der Waals surface area contributed by atoms with E-state index >= 15 is 0 Å². The molecule has 4 N–H and O–H groups in total. The van der Waals surface area contributed by atoms with Gasteiger partial charge < -0.3 is 16.2 Å². The maximum Gasteiger partial charge on any atom is 0.337 e. The summed E-state index contributed by atoms with van der Waals surface area (Å²) in [5.74, 6) is -0.862. The van der Waals surface area contributed by atoms with Crippen molar-refractivity contribution >= 4 is 27.2 Å². The largest absolute Gasteiger partial charge is 0.478 e. The molecular weight excluding hydrogens is 268 g/mol. The summed E-state index contributed by atoms with van der Waals surface area (Å²) in [5.41, 5.74) is 6.49.